The van der Waals surface area contributed by atoms with Gasteiger partial charge in [0.2, 0.25) is 5.16 Å². The maximum absolute atomic E-state index is 6.30. The fourth-order valence-electron chi connectivity index (χ4n) is 1.67. The molecule has 0 unspecified atom stereocenters. The maximum Gasteiger partial charge on any atom is 0.209 e. The fraction of sp³-hybridized carbons (Fsp3) is 0.600. The van der Waals surface area contributed by atoms with E-state index in [2.05, 4.69) is 20.6 Å². The molecule has 0 fully saturated rings. The van der Waals surface area contributed by atoms with Gasteiger partial charge in [0.15, 0.2) is 0 Å². The van der Waals surface area contributed by atoms with Crippen molar-refractivity contribution in [3.05, 3.63) is 16.4 Å². The van der Waals surface area contributed by atoms with Gasteiger partial charge in [-0.1, -0.05) is 30.3 Å². The number of rotatable bonds is 6. The number of nitrogens with zero attached hydrogens (tertiary/aromatic N) is 6. The molecular weight excluding hydrogens is 286 g/mol. The molecule has 19 heavy (non-hydrogen) atoms. The third-order valence-corrected chi connectivity index (χ3v) is 4.09. The van der Waals surface area contributed by atoms with Crippen molar-refractivity contribution in [1.82, 2.24) is 30.0 Å². The maximum atomic E-state index is 6.30. The van der Waals surface area contributed by atoms with Crippen molar-refractivity contribution >= 4 is 23.4 Å². The molecule has 0 aromatic carbocycles. The van der Waals surface area contributed by atoms with Gasteiger partial charge in [-0.15, -0.1) is 5.10 Å². The van der Waals surface area contributed by atoms with E-state index in [4.69, 9.17) is 17.3 Å². The number of halogens is 1. The van der Waals surface area contributed by atoms with E-state index in [9.17, 15) is 0 Å². The van der Waals surface area contributed by atoms with Crippen LogP contribution in [0.25, 0.3) is 0 Å². The monoisotopic (exact) mass is 301 g/mol. The van der Waals surface area contributed by atoms with Gasteiger partial charge in [0, 0.05) is 19.3 Å². The Kier molecular flexibility index (Phi) is 4.78. The lowest BCUT2D eigenvalue weighted by Gasteiger charge is -2.03. The van der Waals surface area contributed by atoms with Crippen LogP contribution in [0.5, 0.6) is 0 Å². The average Bonchev–Trinajstić information content (AvgIpc) is 2.93. The summed E-state index contributed by atoms with van der Waals surface area (Å²) in [5.41, 5.74) is 7.40. The zero-order valence-electron chi connectivity index (χ0n) is 10.9. The first-order valence-electron chi connectivity index (χ1n) is 5.96. The van der Waals surface area contributed by atoms with Gasteiger partial charge in [-0.2, -0.15) is 5.10 Å². The molecule has 104 valence electrons. The van der Waals surface area contributed by atoms with E-state index in [0.29, 0.717) is 18.8 Å². The molecule has 2 aromatic heterocycles. The molecule has 0 saturated carbocycles. The molecule has 0 bridgehead atoms. The van der Waals surface area contributed by atoms with Crippen LogP contribution >= 0.6 is 23.4 Å². The van der Waals surface area contributed by atoms with Crippen molar-refractivity contribution in [2.24, 2.45) is 12.8 Å². The van der Waals surface area contributed by atoms with Gasteiger partial charge in [-0.3, -0.25) is 4.68 Å². The van der Waals surface area contributed by atoms with Gasteiger partial charge in [-0.25, -0.2) is 4.68 Å². The predicted molar refractivity (Wildman–Crippen MR) is 74.0 cm³/mol. The fourth-order valence-corrected chi connectivity index (χ4v) is 3.08. The van der Waals surface area contributed by atoms with Crippen molar-refractivity contribution in [3.63, 3.8) is 0 Å². The second-order valence-corrected chi connectivity index (χ2v) is 5.27. The minimum atomic E-state index is 0.505. The number of aryl methyl sites for hydroxylation is 2. The quantitative estimate of drug-likeness (QED) is 0.797. The van der Waals surface area contributed by atoms with Crippen LogP contribution in [-0.2, 0) is 25.8 Å². The molecule has 0 amide bonds. The zero-order chi connectivity index (χ0) is 13.8. The van der Waals surface area contributed by atoms with Crippen LogP contribution in [0.2, 0.25) is 5.02 Å². The van der Waals surface area contributed by atoms with Crippen LogP contribution in [0.3, 0.4) is 0 Å². The molecule has 7 nitrogen and oxygen atoms in total. The molecule has 2 N–H and O–H groups in total. The smallest absolute Gasteiger partial charge is 0.209 e. The lowest BCUT2D eigenvalue weighted by molar-refractivity contribution is 0.556. The zero-order valence-corrected chi connectivity index (χ0v) is 12.4. The summed E-state index contributed by atoms with van der Waals surface area (Å²) in [6, 6.07) is 0. The van der Waals surface area contributed by atoms with Crippen molar-refractivity contribution in [2.45, 2.75) is 30.8 Å². The molecule has 0 aliphatic carbocycles. The van der Waals surface area contributed by atoms with E-state index in [-0.39, 0.29) is 0 Å². The van der Waals surface area contributed by atoms with Gasteiger partial charge in [-0.05, 0) is 16.8 Å². The summed E-state index contributed by atoms with van der Waals surface area (Å²) >= 11 is 7.82. The van der Waals surface area contributed by atoms with E-state index in [1.54, 1.807) is 4.68 Å². The van der Waals surface area contributed by atoms with Crippen LogP contribution in [0.15, 0.2) is 5.16 Å². The summed E-state index contributed by atoms with van der Waals surface area (Å²) in [5, 5.41) is 17.4. The van der Waals surface area contributed by atoms with Crippen molar-refractivity contribution in [1.29, 1.82) is 0 Å². The number of hydrogen-bond acceptors (Lipinski definition) is 6. The van der Waals surface area contributed by atoms with Crippen LogP contribution in [0.4, 0.5) is 0 Å². The number of tetrazole rings is 1. The minimum absolute atomic E-state index is 0.505. The Morgan fingerprint density at radius 3 is 2.84 bits per heavy atom. The average molecular weight is 302 g/mol. The van der Waals surface area contributed by atoms with Crippen molar-refractivity contribution < 1.29 is 0 Å². The van der Waals surface area contributed by atoms with Crippen molar-refractivity contribution in [2.75, 3.05) is 6.54 Å². The summed E-state index contributed by atoms with van der Waals surface area (Å²) in [6.07, 6.45) is 0.822. The Morgan fingerprint density at radius 1 is 1.42 bits per heavy atom. The summed E-state index contributed by atoms with van der Waals surface area (Å²) in [5.74, 6) is 0.674. The Bertz CT molecular complexity index is 550. The summed E-state index contributed by atoms with van der Waals surface area (Å²) < 4.78 is 3.50. The van der Waals surface area contributed by atoms with E-state index in [0.717, 1.165) is 28.0 Å². The lowest BCUT2D eigenvalue weighted by atomic mass is 10.3. The summed E-state index contributed by atoms with van der Waals surface area (Å²) in [6.45, 7) is 3.15. The van der Waals surface area contributed by atoms with Gasteiger partial charge < -0.3 is 5.73 Å². The van der Waals surface area contributed by atoms with Gasteiger partial charge in [0.25, 0.3) is 0 Å². The van der Waals surface area contributed by atoms with Crippen LogP contribution in [0, 0.1) is 0 Å². The largest absolute Gasteiger partial charge is 0.329 e. The first kappa shape index (κ1) is 14.3. The molecule has 0 saturated heterocycles. The topological polar surface area (TPSA) is 87.4 Å². The molecule has 2 rings (SSSR count). The van der Waals surface area contributed by atoms with Crippen LogP contribution < -0.4 is 5.73 Å². The summed E-state index contributed by atoms with van der Waals surface area (Å²) in [4.78, 5) is 0. The highest BCUT2D eigenvalue weighted by atomic mass is 35.5. The van der Waals surface area contributed by atoms with Gasteiger partial charge >= 0.3 is 0 Å². The Balaban J connectivity index is 2.10. The molecule has 0 aliphatic heterocycles. The second kappa shape index (κ2) is 6.36. The first-order chi connectivity index (χ1) is 9.17. The third kappa shape index (κ3) is 3.07. The van der Waals surface area contributed by atoms with Gasteiger partial charge in [0.05, 0.1) is 23.0 Å². The summed E-state index contributed by atoms with van der Waals surface area (Å²) in [7, 11) is 1.89. The Morgan fingerprint density at radius 2 is 2.21 bits per heavy atom. The minimum Gasteiger partial charge on any atom is -0.329 e. The van der Waals surface area contributed by atoms with Crippen LogP contribution in [-0.4, -0.2) is 36.5 Å². The normalized spacial score (nSPS) is 11.2. The standard InChI is InChI=1S/C10H16ClN7S/c1-3-7-9(11)8(17(2)14-7)6-19-10-13-15-16-18(10)5-4-12/h3-6,12H2,1-2H3. The lowest BCUT2D eigenvalue weighted by Crippen LogP contribution is -2.12. The van der Waals surface area contributed by atoms with Crippen molar-refractivity contribution in [3.8, 4) is 0 Å². The molecular formula is C10H16ClN7S. The molecule has 9 heteroatoms. The number of nitrogens with two attached hydrogens (primary N) is 1. The predicted octanol–water partition coefficient (Wildman–Crippen LogP) is 0.873. The molecule has 0 atom stereocenters. The molecule has 0 radical (unpaired) electrons. The van der Waals surface area contributed by atoms with E-state index >= 15 is 0 Å². The number of hydrogen-bond donors (Lipinski definition) is 1. The first-order valence-corrected chi connectivity index (χ1v) is 7.33. The highest BCUT2D eigenvalue weighted by molar-refractivity contribution is 7.98. The van der Waals surface area contributed by atoms with E-state index in [1.807, 2.05) is 18.7 Å². The molecule has 0 aliphatic rings. The Labute approximate surface area is 120 Å². The molecule has 2 aromatic rings. The number of aromatic nitrogens is 6. The SMILES string of the molecule is CCc1nn(C)c(CSc2nnnn2CCN)c1Cl. The molecule has 2 heterocycles. The highest BCUT2D eigenvalue weighted by Gasteiger charge is 2.15. The van der Waals surface area contributed by atoms with E-state index in [1.165, 1.54) is 11.8 Å². The third-order valence-electron chi connectivity index (χ3n) is 2.68. The Hall–Kier alpha value is -1.12. The van der Waals surface area contributed by atoms with Crippen LogP contribution in [0.1, 0.15) is 18.3 Å². The highest BCUT2D eigenvalue weighted by Crippen LogP contribution is 2.27. The molecule has 0 spiro atoms. The van der Waals surface area contributed by atoms with Gasteiger partial charge in [0.1, 0.15) is 0 Å². The van der Waals surface area contributed by atoms with E-state index < -0.39 is 0 Å². The second-order valence-electron chi connectivity index (χ2n) is 3.95. The number of thioether (sulfide) groups is 1.